The Kier molecular flexibility index (Phi) is 3.75. The van der Waals surface area contributed by atoms with Crippen molar-refractivity contribution in [3.8, 4) is 5.75 Å². The normalized spacial score (nSPS) is 9.71. The summed E-state index contributed by atoms with van der Waals surface area (Å²) in [5.74, 6) is 0.955. The lowest BCUT2D eigenvalue weighted by Gasteiger charge is -2.06. The Morgan fingerprint density at radius 1 is 1.36 bits per heavy atom. The van der Waals surface area contributed by atoms with E-state index in [9.17, 15) is 0 Å². The minimum absolute atomic E-state index is 0.724. The monoisotopic (exact) mass is 190 g/mol. The van der Waals surface area contributed by atoms with Crippen molar-refractivity contribution in [3.05, 3.63) is 34.9 Å². The van der Waals surface area contributed by atoms with E-state index in [0.29, 0.717) is 0 Å². The predicted molar refractivity (Wildman–Crippen MR) is 61.7 cm³/mol. The van der Waals surface area contributed by atoms with Gasteiger partial charge < -0.3 is 4.74 Å². The molecule has 0 saturated heterocycles. The Labute approximate surface area is 86.4 Å². The van der Waals surface area contributed by atoms with Crippen LogP contribution in [0.15, 0.2) is 23.8 Å². The first-order chi connectivity index (χ1) is 6.63. The van der Waals surface area contributed by atoms with Crippen LogP contribution in [0.4, 0.5) is 0 Å². The molecule has 1 aromatic rings. The van der Waals surface area contributed by atoms with Crippen LogP contribution in [-0.4, -0.2) is 6.61 Å². The molecule has 76 valence electrons. The molecule has 0 aliphatic carbocycles. The van der Waals surface area contributed by atoms with Crippen LogP contribution in [0.5, 0.6) is 5.75 Å². The summed E-state index contributed by atoms with van der Waals surface area (Å²) in [6.45, 7) is 9.05. The summed E-state index contributed by atoms with van der Waals surface area (Å²) in [6, 6.07) is 6.21. The van der Waals surface area contributed by atoms with Crippen LogP contribution in [0.1, 0.15) is 31.9 Å². The highest BCUT2D eigenvalue weighted by Gasteiger charge is 1.97. The second kappa shape index (κ2) is 4.85. The summed E-state index contributed by atoms with van der Waals surface area (Å²) in [6.07, 6.45) is 2.19. The molecule has 0 saturated carbocycles. The minimum Gasteiger partial charge on any atom is -0.494 e. The number of hydrogen-bond donors (Lipinski definition) is 0. The third-order valence-corrected chi connectivity index (χ3v) is 2.00. The number of allylic oxidation sites excluding steroid dienone is 1. The molecule has 1 heteroatoms. The van der Waals surface area contributed by atoms with Crippen LogP contribution in [0, 0.1) is 6.92 Å². The molecule has 0 unspecified atom stereocenters. The quantitative estimate of drug-likeness (QED) is 0.704. The van der Waals surface area contributed by atoms with Crippen molar-refractivity contribution in [2.75, 3.05) is 6.61 Å². The molecule has 1 aromatic carbocycles. The summed E-state index contributed by atoms with van der Waals surface area (Å²) in [4.78, 5) is 0. The van der Waals surface area contributed by atoms with Gasteiger partial charge in [0.1, 0.15) is 5.75 Å². The molecule has 0 aliphatic rings. The molecular weight excluding hydrogens is 172 g/mol. The van der Waals surface area contributed by atoms with Gasteiger partial charge in [-0.25, -0.2) is 0 Å². The molecule has 0 aliphatic heterocycles. The Morgan fingerprint density at radius 3 is 2.57 bits per heavy atom. The molecule has 0 heterocycles. The van der Waals surface area contributed by atoms with Crippen molar-refractivity contribution >= 4 is 6.08 Å². The number of hydrogen-bond acceptors (Lipinski definition) is 1. The molecule has 0 radical (unpaired) electrons. The second-order valence-electron chi connectivity index (χ2n) is 3.67. The molecule has 0 aromatic heterocycles. The van der Waals surface area contributed by atoms with Crippen molar-refractivity contribution in [2.45, 2.75) is 27.7 Å². The van der Waals surface area contributed by atoms with Crippen LogP contribution < -0.4 is 4.74 Å². The molecule has 0 bridgehead atoms. The molecule has 1 rings (SSSR count). The highest BCUT2D eigenvalue weighted by atomic mass is 16.5. The first-order valence-corrected chi connectivity index (χ1v) is 5.02. The van der Waals surface area contributed by atoms with Gasteiger partial charge in [-0.2, -0.15) is 0 Å². The van der Waals surface area contributed by atoms with Gasteiger partial charge in [0.05, 0.1) is 6.61 Å². The summed E-state index contributed by atoms with van der Waals surface area (Å²) in [7, 11) is 0. The Morgan fingerprint density at radius 2 is 2.07 bits per heavy atom. The third kappa shape index (κ3) is 2.91. The van der Waals surface area contributed by atoms with Crippen LogP contribution in [0.25, 0.3) is 6.08 Å². The van der Waals surface area contributed by atoms with Gasteiger partial charge in [0.2, 0.25) is 0 Å². The zero-order valence-electron chi connectivity index (χ0n) is 9.42. The molecule has 0 fully saturated rings. The van der Waals surface area contributed by atoms with Crippen molar-refractivity contribution < 1.29 is 4.74 Å². The summed E-state index contributed by atoms with van der Waals surface area (Å²) >= 11 is 0. The van der Waals surface area contributed by atoms with E-state index in [0.717, 1.165) is 12.4 Å². The highest BCUT2D eigenvalue weighted by molar-refractivity contribution is 5.57. The van der Waals surface area contributed by atoms with Gasteiger partial charge in [-0.3, -0.25) is 0 Å². The fraction of sp³-hybridized carbons (Fsp3) is 0.385. The maximum atomic E-state index is 5.43. The predicted octanol–water partition coefficient (Wildman–Crippen LogP) is 3.82. The second-order valence-corrected chi connectivity index (χ2v) is 3.67. The van der Waals surface area contributed by atoms with E-state index in [2.05, 4.69) is 39.0 Å². The third-order valence-electron chi connectivity index (χ3n) is 2.00. The zero-order chi connectivity index (χ0) is 10.6. The van der Waals surface area contributed by atoms with Gasteiger partial charge >= 0.3 is 0 Å². The molecule has 0 spiro atoms. The van der Waals surface area contributed by atoms with E-state index in [1.54, 1.807) is 0 Å². The lowest BCUT2D eigenvalue weighted by Crippen LogP contribution is -1.92. The summed E-state index contributed by atoms with van der Waals surface area (Å²) in [5.41, 5.74) is 3.85. The molecule has 1 nitrogen and oxygen atoms in total. The Bertz CT molecular complexity index is 333. The standard InChI is InChI=1S/C13H18O/c1-5-14-13-7-6-12(8-10(2)3)11(4)9-13/h6-9H,5H2,1-4H3. The molecule has 0 atom stereocenters. The molecule has 0 N–H and O–H groups in total. The van der Waals surface area contributed by atoms with Crippen LogP contribution in [-0.2, 0) is 0 Å². The minimum atomic E-state index is 0.724. The van der Waals surface area contributed by atoms with Crippen LogP contribution in [0.3, 0.4) is 0 Å². The van der Waals surface area contributed by atoms with E-state index in [1.165, 1.54) is 16.7 Å². The average Bonchev–Trinajstić information content (AvgIpc) is 2.10. The lowest BCUT2D eigenvalue weighted by molar-refractivity contribution is 0.340. The maximum Gasteiger partial charge on any atom is 0.119 e. The first kappa shape index (κ1) is 10.8. The van der Waals surface area contributed by atoms with E-state index in [-0.39, 0.29) is 0 Å². The molecule has 14 heavy (non-hydrogen) atoms. The molecule has 0 amide bonds. The number of rotatable bonds is 3. The largest absolute Gasteiger partial charge is 0.494 e. The van der Waals surface area contributed by atoms with Crippen LogP contribution in [0.2, 0.25) is 0 Å². The Hall–Kier alpha value is -1.24. The van der Waals surface area contributed by atoms with E-state index < -0.39 is 0 Å². The van der Waals surface area contributed by atoms with Crippen molar-refractivity contribution in [2.24, 2.45) is 0 Å². The van der Waals surface area contributed by atoms with E-state index in [1.807, 2.05) is 13.0 Å². The number of aryl methyl sites for hydroxylation is 1. The first-order valence-electron chi connectivity index (χ1n) is 5.02. The highest BCUT2D eigenvalue weighted by Crippen LogP contribution is 2.19. The van der Waals surface area contributed by atoms with E-state index in [4.69, 9.17) is 4.74 Å². The zero-order valence-corrected chi connectivity index (χ0v) is 9.42. The summed E-state index contributed by atoms with van der Waals surface area (Å²) in [5, 5.41) is 0. The van der Waals surface area contributed by atoms with Crippen LogP contribution >= 0.6 is 0 Å². The van der Waals surface area contributed by atoms with Crippen molar-refractivity contribution in [1.82, 2.24) is 0 Å². The van der Waals surface area contributed by atoms with Crippen molar-refractivity contribution in [1.29, 1.82) is 0 Å². The Balaban J connectivity index is 2.95. The van der Waals surface area contributed by atoms with E-state index >= 15 is 0 Å². The van der Waals surface area contributed by atoms with Gasteiger partial charge in [0, 0.05) is 0 Å². The van der Waals surface area contributed by atoms with Gasteiger partial charge in [0.25, 0.3) is 0 Å². The van der Waals surface area contributed by atoms with Crippen molar-refractivity contribution in [3.63, 3.8) is 0 Å². The fourth-order valence-electron chi connectivity index (χ4n) is 1.38. The van der Waals surface area contributed by atoms with Gasteiger partial charge in [-0.15, -0.1) is 0 Å². The molecular formula is C13H18O. The topological polar surface area (TPSA) is 9.23 Å². The number of benzene rings is 1. The SMILES string of the molecule is CCOc1ccc(C=C(C)C)c(C)c1. The van der Waals surface area contributed by atoms with Gasteiger partial charge in [-0.1, -0.05) is 17.7 Å². The fourth-order valence-corrected chi connectivity index (χ4v) is 1.38. The summed E-state index contributed by atoms with van der Waals surface area (Å²) < 4.78 is 5.43. The van der Waals surface area contributed by atoms with Gasteiger partial charge in [-0.05, 0) is 51.0 Å². The van der Waals surface area contributed by atoms with Gasteiger partial charge in [0.15, 0.2) is 0 Å². The smallest absolute Gasteiger partial charge is 0.119 e. The lowest BCUT2D eigenvalue weighted by atomic mass is 10.1. The maximum absolute atomic E-state index is 5.43. The average molecular weight is 190 g/mol. The number of ether oxygens (including phenoxy) is 1.